The van der Waals surface area contributed by atoms with Crippen LogP contribution in [-0.2, 0) is 0 Å². The summed E-state index contributed by atoms with van der Waals surface area (Å²) in [7, 11) is 2.10. The number of hydrogen-bond donors (Lipinski definition) is 2. The molecule has 2 bridgehead atoms. The maximum atomic E-state index is 7.86. The number of nitrogens with one attached hydrogen (secondary N) is 1. The molecule has 0 aliphatic heterocycles. The number of amidine groups is 1. The van der Waals surface area contributed by atoms with E-state index in [0.717, 1.165) is 46.9 Å². The summed E-state index contributed by atoms with van der Waals surface area (Å²) < 4.78 is 0. The minimum Gasteiger partial charge on any atom is -0.384 e. The first-order valence-electron chi connectivity index (χ1n) is 7.99. The van der Waals surface area contributed by atoms with Gasteiger partial charge in [-0.3, -0.25) is 5.41 Å². The Morgan fingerprint density at radius 3 is 2.71 bits per heavy atom. The minimum absolute atomic E-state index is 0.120. The molecule has 2 aliphatic rings. The summed E-state index contributed by atoms with van der Waals surface area (Å²) in [5.41, 5.74) is 8.63. The largest absolute Gasteiger partial charge is 0.384 e. The van der Waals surface area contributed by atoms with Crippen LogP contribution in [0.4, 0.5) is 5.82 Å². The van der Waals surface area contributed by atoms with Gasteiger partial charge in [0.25, 0.3) is 0 Å². The van der Waals surface area contributed by atoms with Crippen molar-refractivity contribution in [2.75, 3.05) is 18.5 Å². The number of aromatic nitrogens is 1. The molecule has 0 aromatic carbocycles. The van der Waals surface area contributed by atoms with Gasteiger partial charge >= 0.3 is 0 Å². The molecule has 3 N–H and O–H groups in total. The van der Waals surface area contributed by atoms with Gasteiger partial charge in [-0.15, -0.1) is 0 Å². The number of hydrogen-bond acceptors (Lipinski definition) is 3. The number of nitrogens with zero attached hydrogens (tertiary/aromatic N) is 2. The van der Waals surface area contributed by atoms with Crippen LogP contribution in [0.2, 0.25) is 0 Å². The third-order valence-electron chi connectivity index (χ3n) is 5.35. The fourth-order valence-corrected chi connectivity index (χ4v) is 4.46. The van der Waals surface area contributed by atoms with Gasteiger partial charge in [0, 0.05) is 19.3 Å². The zero-order chi connectivity index (χ0) is 15.1. The molecule has 0 radical (unpaired) electrons. The van der Waals surface area contributed by atoms with Gasteiger partial charge in [-0.2, -0.15) is 0 Å². The van der Waals surface area contributed by atoms with Crippen molar-refractivity contribution in [3.63, 3.8) is 0 Å². The number of aryl methyl sites for hydroxylation is 2. The third kappa shape index (κ3) is 2.63. The van der Waals surface area contributed by atoms with Crippen molar-refractivity contribution in [1.82, 2.24) is 4.98 Å². The Labute approximate surface area is 127 Å². The molecule has 2 fully saturated rings. The minimum atomic E-state index is 0.120. The van der Waals surface area contributed by atoms with Gasteiger partial charge in [-0.1, -0.05) is 6.42 Å². The highest BCUT2D eigenvalue weighted by molar-refractivity contribution is 6.01. The van der Waals surface area contributed by atoms with Crippen molar-refractivity contribution in [2.45, 2.75) is 39.5 Å². The lowest BCUT2D eigenvalue weighted by Gasteiger charge is -2.29. The number of fused-ring (bicyclic) bond motifs is 2. The van der Waals surface area contributed by atoms with Gasteiger partial charge in [-0.25, -0.2) is 4.98 Å². The van der Waals surface area contributed by atoms with Crippen LogP contribution < -0.4 is 10.6 Å². The normalized spacial score (nSPS) is 27.1. The fraction of sp³-hybridized carbons (Fsp3) is 0.647. The van der Waals surface area contributed by atoms with E-state index in [4.69, 9.17) is 11.1 Å². The van der Waals surface area contributed by atoms with Crippen molar-refractivity contribution in [3.05, 3.63) is 22.9 Å². The Morgan fingerprint density at radius 2 is 2.14 bits per heavy atom. The third-order valence-corrected chi connectivity index (χ3v) is 5.35. The first kappa shape index (κ1) is 14.4. The lowest BCUT2D eigenvalue weighted by atomic mass is 9.88. The summed E-state index contributed by atoms with van der Waals surface area (Å²) in [5.74, 6) is 3.66. The molecule has 2 saturated carbocycles. The highest BCUT2D eigenvalue weighted by Crippen LogP contribution is 2.48. The molecular formula is C17H26N4. The summed E-state index contributed by atoms with van der Waals surface area (Å²) in [4.78, 5) is 6.89. The van der Waals surface area contributed by atoms with E-state index in [0.29, 0.717) is 0 Å². The van der Waals surface area contributed by atoms with Gasteiger partial charge < -0.3 is 10.6 Å². The van der Waals surface area contributed by atoms with Gasteiger partial charge in [0.2, 0.25) is 0 Å². The van der Waals surface area contributed by atoms with Gasteiger partial charge in [0.15, 0.2) is 0 Å². The van der Waals surface area contributed by atoms with E-state index in [9.17, 15) is 0 Å². The van der Waals surface area contributed by atoms with E-state index in [1.807, 2.05) is 19.9 Å². The van der Waals surface area contributed by atoms with Crippen molar-refractivity contribution in [1.29, 1.82) is 5.41 Å². The second-order valence-electron chi connectivity index (χ2n) is 7.01. The van der Waals surface area contributed by atoms with E-state index in [1.54, 1.807) is 0 Å². The highest BCUT2D eigenvalue weighted by Gasteiger charge is 2.39. The maximum Gasteiger partial charge on any atom is 0.139 e. The highest BCUT2D eigenvalue weighted by atomic mass is 15.2. The summed E-state index contributed by atoms with van der Waals surface area (Å²) in [6.07, 6.45) is 5.64. The van der Waals surface area contributed by atoms with E-state index in [2.05, 4.69) is 16.9 Å². The molecule has 3 atom stereocenters. The van der Waals surface area contributed by atoms with Crippen LogP contribution in [0.3, 0.4) is 0 Å². The van der Waals surface area contributed by atoms with Gasteiger partial charge in [0.1, 0.15) is 11.7 Å². The standard InChI is InChI=1S/C17H26N4/c1-10-6-11(2)20-17(15(10)16(18)19)21(3)9-14-8-12-4-5-13(14)7-12/h6,12-14H,4-5,7-9H2,1-3H3,(H3,18,19). The molecule has 1 aromatic rings. The molecule has 0 spiro atoms. The van der Waals surface area contributed by atoms with E-state index in [-0.39, 0.29) is 5.84 Å². The second-order valence-corrected chi connectivity index (χ2v) is 7.01. The van der Waals surface area contributed by atoms with Crippen LogP contribution in [0.15, 0.2) is 6.07 Å². The Kier molecular flexibility index (Phi) is 3.64. The summed E-state index contributed by atoms with van der Waals surface area (Å²) in [6.45, 7) is 5.06. The molecule has 114 valence electrons. The molecular weight excluding hydrogens is 260 g/mol. The number of rotatable bonds is 4. The summed E-state index contributed by atoms with van der Waals surface area (Å²) in [6, 6.07) is 2.01. The second kappa shape index (κ2) is 5.32. The molecule has 4 nitrogen and oxygen atoms in total. The smallest absolute Gasteiger partial charge is 0.139 e. The Morgan fingerprint density at radius 1 is 1.38 bits per heavy atom. The quantitative estimate of drug-likeness (QED) is 0.660. The Bertz CT molecular complexity index is 566. The van der Waals surface area contributed by atoms with Crippen LogP contribution in [0.1, 0.15) is 42.5 Å². The predicted molar refractivity (Wildman–Crippen MR) is 86.9 cm³/mol. The first-order valence-corrected chi connectivity index (χ1v) is 7.99. The lowest BCUT2D eigenvalue weighted by molar-refractivity contribution is 0.337. The SMILES string of the molecule is Cc1cc(C)c(C(=N)N)c(N(C)CC2CC3CCC2C3)n1. The van der Waals surface area contributed by atoms with Crippen molar-refractivity contribution < 1.29 is 0 Å². The number of anilines is 1. The molecule has 21 heavy (non-hydrogen) atoms. The van der Waals surface area contributed by atoms with E-state index in [1.165, 1.54) is 25.7 Å². The van der Waals surface area contributed by atoms with E-state index < -0.39 is 0 Å². The van der Waals surface area contributed by atoms with Crippen molar-refractivity contribution in [3.8, 4) is 0 Å². The molecule has 0 amide bonds. The van der Waals surface area contributed by atoms with Gasteiger partial charge in [-0.05, 0) is 62.5 Å². The summed E-state index contributed by atoms with van der Waals surface area (Å²) >= 11 is 0. The molecule has 1 heterocycles. The molecule has 2 aliphatic carbocycles. The summed E-state index contributed by atoms with van der Waals surface area (Å²) in [5, 5.41) is 7.86. The number of pyridine rings is 1. The zero-order valence-electron chi connectivity index (χ0n) is 13.3. The molecule has 3 unspecified atom stereocenters. The topological polar surface area (TPSA) is 66.0 Å². The monoisotopic (exact) mass is 286 g/mol. The van der Waals surface area contributed by atoms with Crippen LogP contribution in [-0.4, -0.2) is 24.4 Å². The fourth-order valence-electron chi connectivity index (χ4n) is 4.46. The molecule has 0 saturated heterocycles. The van der Waals surface area contributed by atoms with Gasteiger partial charge in [0.05, 0.1) is 5.56 Å². The maximum absolute atomic E-state index is 7.86. The average molecular weight is 286 g/mol. The van der Waals surface area contributed by atoms with Crippen LogP contribution in [0.5, 0.6) is 0 Å². The average Bonchev–Trinajstić information content (AvgIpc) is 2.99. The zero-order valence-corrected chi connectivity index (χ0v) is 13.3. The molecule has 3 rings (SSSR count). The Balaban J connectivity index is 1.84. The lowest BCUT2D eigenvalue weighted by Crippen LogP contribution is -2.31. The number of nitrogens with two attached hydrogens (primary N) is 1. The van der Waals surface area contributed by atoms with Crippen LogP contribution >= 0.6 is 0 Å². The van der Waals surface area contributed by atoms with Crippen LogP contribution in [0.25, 0.3) is 0 Å². The van der Waals surface area contributed by atoms with Crippen LogP contribution in [0, 0.1) is 37.0 Å². The van der Waals surface area contributed by atoms with E-state index >= 15 is 0 Å². The van der Waals surface area contributed by atoms with Crippen molar-refractivity contribution >= 4 is 11.7 Å². The molecule has 1 aromatic heterocycles. The number of nitrogen functional groups attached to an aromatic ring is 1. The Hall–Kier alpha value is -1.58. The first-order chi connectivity index (χ1) is 9.95. The predicted octanol–water partition coefficient (Wildman–Crippen LogP) is 2.85. The molecule has 4 heteroatoms. The van der Waals surface area contributed by atoms with Crippen molar-refractivity contribution in [2.24, 2.45) is 23.5 Å².